The number of hydrogen-bond acceptors (Lipinski definition) is 6. The van der Waals surface area contributed by atoms with Crippen LogP contribution in [-0.2, 0) is 32.3 Å². The van der Waals surface area contributed by atoms with Gasteiger partial charge in [-0.05, 0) is 134 Å². The van der Waals surface area contributed by atoms with Crippen LogP contribution < -0.4 is 9.80 Å². The molecule has 0 heterocycles. The van der Waals surface area contributed by atoms with Gasteiger partial charge in [0.15, 0.2) is 0 Å². The fourth-order valence-corrected chi connectivity index (χ4v) is 6.27. The van der Waals surface area contributed by atoms with Crippen molar-refractivity contribution in [2.75, 3.05) is 9.80 Å². The molecule has 0 amide bonds. The number of hydrogen-bond donors (Lipinski definition) is 0. The van der Waals surface area contributed by atoms with Crippen molar-refractivity contribution in [3.05, 3.63) is 167 Å². The molecule has 0 aliphatic rings. The molecule has 0 aliphatic heterocycles. The van der Waals surface area contributed by atoms with Gasteiger partial charge in [-0.2, -0.15) is 0 Å². The largest absolute Gasteiger partial charge is 0.461 e. The minimum Gasteiger partial charge on any atom is -0.461 e. The predicted molar refractivity (Wildman–Crippen MR) is 211 cm³/mol. The first-order valence-corrected chi connectivity index (χ1v) is 17.5. The van der Waals surface area contributed by atoms with Crippen molar-refractivity contribution in [2.24, 2.45) is 0 Å². The number of rotatable bonds is 11. The van der Waals surface area contributed by atoms with Crippen molar-refractivity contribution < 1.29 is 19.1 Å². The number of carbonyl (C=O) groups is 2. The van der Waals surface area contributed by atoms with Gasteiger partial charge in [0.2, 0.25) is 0 Å². The predicted octanol–water partition coefficient (Wildman–Crippen LogP) is 11.7. The summed E-state index contributed by atoms with van der Waals surface area (Å²) >= 11 is 0. The van der Waals surface area contributed by atoms with E-state index in [1.54, 1.807) is 0 Å². The molecule has 0 aliphatic carbocycles. The minimum atomic E-state index is -0.293. The van der Waals surface area contributed by atoms with Crippen LogP contribution in [0.1, 0.15) is 47.2 Å². The summed E-state index contributed by atoms with van der Waals surface area (Å²) in [6.45, 7) is 11.8. The molecule has 0 fully saturated rings. The Morgan fingerprint density at radius 1 is 0.442 bits per heavy atom. The molecule has 0 saturated carbocycles. The first-order valence-electron chi connectivity index (χ1n) is 17.5. The molecule has 0 N–H and O–H groups in total. The third-order valence-electron chi connectivity index (χ3n) is 9.07. The Hall–Kier alpha value is -6.14. The molecule has 0 radical (unpaired) electrons. The van der Waals surface area contributed by atoms with Gasteiger partial charge in [0.1, 0.15) is 13.2 Å². The van der Waals surface area contributed by atoms with Crippen molar-refractivity contribution in [1.29, 1.82) is 0 Å². The summed E-state index contributed by atoms with van der Waals surface area (Å²) in [5.41, 5.74) is 15.1. The topological polar surface area (TPSA) is 59.1 Å². The minimum absolute atomic E-state index is 0.249. The summed E-state index contributed by atoms with van der Waals surface area (Å²) in [7, 11) is 0. The van der Waals surface area contributed by atoms with Gasteiger partial charge in [-0.25, -0.2) is 0 Å². The van der Waals surface area contributed by atoms with Gasteiger partial charge in [0, 0.05) is 48.0 Å². The fraction of sp³-hybridized carbons (Fsp3) is 0.174. The first-order chi connectivity index (χ1) is 25.0. The van der Waals surface area contributed by atoms with E-state index in [-0.39, 0.29) is 25.2 Å². The van der Waals surface area contributed by atoms with Crippen LogP contribution in [0.25, 0.3) is 11.1 Å². The Labute approximate surface area is 306 Å². The summed E-state index contributed by atoms with van der Waals surface area (Å²) < 4.78 is 10.4. The molecule has 6 nitrogen and oxygen atoms in total. The Bertz CT molecular complexity index is 2010. The number of nitrogens with zero attached hydrogens (tertiary/aromatic N) is 2. The van der Waals surface area contributed by atoms with E-state index in [4.69, 9.17) is 9.47 Å². The zero-order valence-electron chi connectivity index (χ0n) is 30.6. The van der Waals surface area contributed by atoms with Gasteiger partial charge < -0.3 is 19.3 Å². The van der Waals surface area contributed by atoms with Gasteiger partial charge in [0.05, 0.1) is 0 Å². The summed E-state index contributed by atoms with van der Waals surface area (Å²) in [5.74, 6) is -0.586. The maximum atomic E-state index is 11.4. The standard InChI is InChI=1S/C46H44N2O4/c1-31-7-17-41(18-8-31)47(43-21-11-37(12-22-43)29-51-35(5)49)45-25-15-39(27-33(45)3)40-16-26-46(34(4)28-40)48(42-19-9-32(2)10-20-42)44-23-13-38(14-24-44)30-52-36(6)50/h7-28H,29-30H2,1-6H3. The van der Waals surface area contributed by atoms with E-state index in [1.807, 2.05) is 24.3 Å². The van der Waals surface area contributed by atoms with E-state index in [0.29, 0.717) is 0 Å². The third kappa shape index (κ3) is 8.41. The van der Waals surface area contributed by atoms with Crippen LogP contribution in [0.2, 0.25) is 0 Å². The highest BCUT2D eigenvalue weighted by molar-refractivity contribution is 5.83. The third-order valence-corrected chi connectivity index (χ3v) is 9.07. The average Bonchev–Trinajstić information content (AvgIpc) is 3.14. The molecule has 0 atom stereocenters. The van der Waals surface area contributed by atoms with E-state index < -0.39 is 0 Å². The highest BCUT2D eigenvalue weighted by Gasteiger charge is 2.18. The molecule has 6 rings (SSSR count). The number of ether oxygens (including phenoxy) is 2. The van der Waals surface area contributed by atoms with Crippen LogP contribution in [0.15, 0.2) is 133 Å². The SMILES string of the molecule is CC(=O)OCc1ccc(N(c2ccc(C)cc2)c2ccc(-c3ccc(N(c4ccc(C)cc4)c4ccc(COC(C)=O)cc4)c(C)c3)cc2C)cc1. The lowest BCUT2D eigenvalue weighted by Gasteiger charge is -2.28. The first kappa shape index (κ1) is 35.7. The molecule has 0 bridgehead atoms. The molecule has 52 heavy (non-hydrogen) atoms. The van der Waals surface area contributed by atoms with Gasteiger partial charge in [-0.1, -0.05) is 71.8 Å². The smallest absolute Gasteiger partial charge is 0.302 e. The second-order valence-corrected chi connectivity index (χ2v) is 13.2. The molecule has 0 saturated heterocycles. The van der Waals surface area contributed by atoms with Gasteiger partial charge in [-0.15, -0.1) is 0 Å². The molecule has 6 aromatic carbocycles. The van der Waals surface area contributed by atoms with E-state index in [1.165, 1.54) is 25.0 Å². The molecule has 262 valence electrons. The zero-order valence-corrected chi connectivity index (χ0v) is 30.6. The number of benzene rings is 6. The van der Waals surface area contributed by atoms with Gasteiger partial charge in [0.25, 0.3) is 0 Å². The van der Waals surface area contributed by atoms with Crippen LogP contribution in [0.5, 0.6) is 0 Å². The van der Waals surface area contributed by atoms with Gasteiger partial charge in [-0.3, -0.25) is 9.59 Å². The number of carbonyl (C=O) groups excluding carboxylic acids is 2. The van der Waals surface area contributed by atoms with Crippen molar-refractivity contribution in [3.8, 4) is 11.1 Å². The molecule has 6 heteroatoms. The van der Waals surface area contributed by atoms with E-state index >= 15 is 0 Å². The average molecular weight is 689 g/mol. The van der Waals surface area contributed by atoms with Crippen molar-refractivity contribution >= 4 is 46.1 Å². The van der Waals surface area contributed by atoms with Crippen LogP contribution in [0, 0.1) is 27.7 Å². The molecule has 0 spiro atoms. The van der Waals surface area contributed by atoms with E-state index in [9.17, 15) is 9.59 Å². The van der Waals surface area contributed by atoms with Crippen molar-refractivity contribution in [1.82, 2.24) is 0 Å². The van der Waals surface area contributed by atoms with Crippen LogP contribution in [0.4, 0.5) is 34.1 Å². The van der Waals surface area contributed by atoms with Crippen molar-refractivity contribution in [3.63, 3.8) is 0 Å². The summed E-state index contributed by atoms with van der Waals surface area (Å²) in [5, 5.41) is 0. The summed E-state index contributed by atoms with van der Waals surface area (Å²) in [4.78, 5) is 27.2. The Kier molecular flexibility index (Phi) is 10.9. The molecule has 0 aromatic heterocycles. The number of esters is 2. The van der Waals surface area contributed by atoms with Crippen LogP contribution in [0.3, 0.4) is 0 Å². The van der Waals surface area contributed by atoms with Crippen LogP contribution in [-0.4, -0.2) is 11.9 Å². The maximum absolute atomic E-state index is 11.4. The lowest BCUT2D eigenvalue weighted by atomic mass is 9.98. The van der Waals surface area contributed by atoms with E-state index in [0.717, 1.165) is 67.5 Å². The maximum Gasteiger partial charge on any atom is 0.302 e. The quantitative estimate of drug-likeness (QED) is 0.126. The molecular weight excluding hydrogens is 645 g/mol. The van der Waals surface area contributed by atoms with Crippen molar-refractivity contribution in [2.45, 2.75) is 54.8 Å². The second kappa shape index (κ2) is 15.8. The molecular formula is C46H44N2O4. The lowest BCUT2D eigenvalue weighted by molar-refractivity contribution is -0.143. The molecule has 0 unspecified atom stereocenters. The van der Waals surface area contributed by atoms with Gasteiger partial charge >= 0.3 is 11.9 Å². The molecule has 6 aromatic rings. The summed E-state index contributed by atoms with van der Waals surface area (Å²) in [6.07, 6.45) is 0. The Morgan fingerprint density at radius 2 is 0.750 bits per heavy atom. The number of aryl methyl sites for hydroxylation is 4. The zero-order chi connectivity index (χ0) is 36.8. The monoisotopic (exact) mass is 688 g/mol. The normalized spacial score (nSPS) is 10.8. The lowest BCUT2D eigenvalue weighted by Crippen LogP contribution is -2.12. The van der Waals surface area contributed by atoms with E-state index in [2.05, 4.69) is 147 Å². The van der Waals surface area contributed by atoms with Crippen LogP contribution >= 0.6 is 0 Å². The number of anilines is 6. The Balaban J connectivity index is 1.33. The highest BCUT2D eigenvalue weighted by Crippen LogP contribution is 2.41. The Morgan fingerprint density at radius 3 is 1.04 bits per heavy atom. The highest BCUT2D eigenvalue weighted by atomic mass is 16.5. The summed E-state index contributed by atoms with van der Waals surface area (Å²) in [6, 6.07) is 46.6. The second-order valence-electron chi connectivity index (χ2n) is 13.2. The fourth-order valence-electron chi connectivity index (χ4n) is 6.27.